The standard InChI is InChI=1S/C25H26N4O3S/c1-16(2)24-28-29-25(33-24)27-23(30)20(15-26)13-19-6-5-7-21(14-19)31-10-11-32-22-9-8-17(3)18(4)12-22/h5-9,12-14,16H,10-11H2,1-4H3,(H,27,29,30)/b20-13-. The maximum absolute atomic E-state index is 12.5. The summed E-state index contributed by atoms with van der Waals surface area (Å²) in [5.74, 6) is 1.11. The van der Waals surface area contributed by atoms with Gasteiger partial charge in [-0.2, -0.15) is 5.26 Å². The van der Waals surface area contributed by atoms with Crippen LogP contribution in [0.5, 0.6) is 11.5 Å². The molecule has 33 heavy (non-hydrogen) atoms. The minimum atomic E-state index is -0.530. The molecule has 8 heteroatoms. The number of carbonyl (C=O) groups excluding carboxylic acids is 1. The largest absolute Gasteiger partial charge is 0.490 e. The summed E-state index contributed by atoms with van der Waals surface area (Å²) in [5, 5.41) is 21.3. The smallest absolute Gasteiger partial charge is 0.268 e. The van der Waals surface area contributed by atoms with Gasteiger partial charge in [0.1, 0.15) is 41.4 Å². The molecule has 7 nitrogen and oxygen atoms in total. The van der Waals surface area contributed by atoms with Gasteiger partial charge in [-0.05, 0) is 60.9 Å². The molecule has 0 aliphatic heterocycles. The Morgan fingerprint density at radius 1 is 1.09 bits per heavy atom. The Bertz CT molecular complexity index is 1190. The first-order valence-corrected chi connectivity index (χ1v) is 11.4. The molecule has 0 aliphatic carbocycles. The van der Waals surface area contributed by atoms with E-state index in [4.69, 9.17) is 9.47 Å². The summed E-state index contributed by atoms with van der Waals surface area (Å²) < 4.78 is 11.5. The van der Waals surface area contributed by atoms with Crippen LogP contribution in [-0.4, -0.2) is 29.3 Å². The number of nitrogens with one attached hydrogen (secondary N) is 1. The first kappa shape index (κ1) is 24.0. The second-order valence-corrected chi connectivity index (χ2v) is 8.75. The van der Waals surface area contributed by atoms with E-state index in [0.29, 0.717) is 29.7 Å². The van der Waals surface area contributed by atoms with Crippen molar-refractivity contribution in [1.82, 2.24) is 10.2 Å². The van der Waals surface area contributed by atoms with E-state index >= 15 is 0 Å². The van der Waals surface area contributed by atoms with Crippen molar-refractivity contribution in [3.63, 3.8) is 0 Å². The summed E-state index contributed by atoms with van der Waals surface area (Å²) in [6.07, 6.45) is 1.51. The van der Waals surface area contributed by atoms with Gasteiger partial charge in [-0.3, -0.25) is 10.1 Å². The van der Waals surface area contributed by atoms with Gasteiger partial charge >= 0.3 is 0 Å². The summed E-state index contributed by atoms with van der Waals surface area (Å²) in [7, 11) is 0. The van der Waals surface area contributed by atoms with Crippen LogP contribution in [0, 0.1) is 25.2 Å². The van der Waals surface area contributed by atoms with Crippen LogP contribution in [0.25, 0.3) is 6.08 Å². The SMILES string of the molecule is Cc1ccc(OCCOc2cccc(/C=C(/C#N)C(=O)Nc3nnc(C(C)C)s3)c2)cc1C. The van der Waals surface area contributed by atoms with Crippen LogP contribution in [0.15, 0.2) is 48.0 Å². The Balaban J connectivity index is 1.57. The number of hydrogen-bond acceptors (Lipinski definition) is 7. The number of nitriles is 1. The van der Waals surface area contributed by atoms with Gasteiger partial charge in [0.05, 0.1) is 0 Å². The molecule has 1 amide bonds. The average Bonchev–Trinajstić information content (AvgIpc) is 3.26. The average molecular weight is 463 g/mol. The van der Waals surface area contributed by atoms with Crippen LogP contribution in [0.1, 0.15) is 41.5 Å². The molecule has 0 saturated carbocycles. The molecule has 0 saturated heterocycles. The van der Waals surface area contributed by atoms with Crippen molar-refractivity contribution in [2.24, 2.45) is 0 Å². The Labute approximate surface area is 197 Å². The summed E-state index contributed by atoms with van der Waals surface area (Å²) >= 11 is 1.29. The van der Waals surface area contributed by atoms with Crippen molar-refractivity contribution in [3.8, 4) is 17.6 Å². The molecule has 3 rings (SSSR count). The minimum Gasteiger partial charge on any atom is -0.490 e. The van der Waals surface area contributed by atoms with Crippen molar-refractivity contribution in [1.29, 1.82) is 5.26 Å². The fourth-order valence-electron chi connectivity index (χ4n) is 2.81. The van der Waals surface area contributed by atoms with E-state index in [0.717, 1.165) is 10.8 Å². The van der Waals surface area contributed by atoms with Crippen LogP contribution in [0.3, 0.4) is 0 Å². The van der Waals surface area contributed by atoms with E-state index in [1.807, 2.05) is 51.1 Å². The van der Waals surface area contributed by atoms with E-state index in [1.165, 1.54) is 28.5 Å². The van der Waals surface area contributed by atoms with Gasteiger partial charge in [0.2, 0.25) is 5.13 Å². The number of aromatic nitrogens is 2. The minimum absolute atomic E-state index is 0.0356. The lowest BCUT2D eigenvalue weighted by molar-refractivity contribution is -0.112. The van der Waals surface area contributed by atoms with Crippen molar-refractivity contribution in [2.45, 2.75) is 33.6 Å². The summed E-state index contributed by atoms with van der Waals surface area (Å²) in [6.45, 7) is 8.86. The van der Waals surface area contributed by atoms with Gasteiger partial charge in [-0.25, -0.2) is 0 Å². The summed E-state index contributed by atoms with van der Waals surface area (Å²) in [4.78, 5) is 12.5. The third-order valence-electron chi connectivity index (χ3n) is 4.79. The second-order valence-electron chi connectivity index (χ2n) is 7.74. The van der Waals surface area contributed by atoms with E-state index in [1.54, 1.807) is 18.2 Å². The number of nitrogens with zero attached hydrogens (tertiary/aromatic N) is 3. The number of rotatable bonds is 9. The van der Waals surface area contributed by atoms with Crippen molar-refractivity contribution in [3.05, 3.63) is 69.7 Å². The lowest BCUT2D eigenvalue weighted by Crippen LogP contribution is -2.13. The van der Waals surface area contributed by atoms with E-state index in [-0.39, 0.29) is 11.5 Å². The van der Waals surface area contributed by atoms with Gasteiger partial charge in [-0.15, -0.1) is 10.2 Å². The molecule has 0 radical (unpaired) electrons. The highest BCUT2D eigenvalue weighted by atomic mass is 32.1. The first-order chi connectivity index (χ1) is 15.9. The number of benzene rings is 2. The molecule has 0 unspecified atom stereocenters. The van der Waals surface area contributed by atoms with Crippen molar-refractivity contribution in [2.75, 3.05) is 18.5 Å². The zero-order valence-corrected chi connectivity index (χ0v) is 19.9. The van der Waals surface area contributed by atoms with Gasteiger partial charge < -0.3 is 9.47 Å². The predicted octanol–water partition coefficient (Wildman–Crippen LogP) is 5.28. The van der Waals surface area contributed by atoms with Gasteiger partial charge in [0.15, 0.2) is 0 Å². The third kappa shape index (κ3) is 6.89. The monoisotopic (exact) mass is 462 g/mol. The molecule has 1 aromatic heterocycles. The molecule has 0 fully saturated rings. The highest BCUT2D eigenvalue weighted by molar-refractivity contribution is 7.15. The topological polar surface area (TPSA) is 97.1 Å². The Hall–Kier alpha value is -3.70. The van der Waals surface area contributed by atoms with Crippen LogP contribution in [-0.2, 0) is 4.79 Å². The Kier molecular flexibility index (Phi) is 8.17. The number of carbonyl (C=O) groups is 1. The molecular weight excluding hydrogens is 436 g/mol. The molecule has 0 aliphatic rings. The summed E-state index contributed by atoms with van der Waals surface area (Å²) in [6, 6.07) is 15.1. The fraction of sp³-hybridized carbons (Fsp3) is 0.280. The van der Waals surface area contributed by atoms with Crippen molar-refractivity contribution >= 4 is 28.5 Å². The van der Waals surface area contributed by atoms with E-state index in [9.17, 15) is 10.1 Å². The molecule has 170 valence electrons. The Morgan fingerprint density at radius 3 is 2.45 bits per heavy atom. The number of amides is 1. The van der Waals surface area contributed by atoms with Crippen molar-refractivity contribution < 1.29 is 14.3 Å². The third-order valence-corrected chi connectivity index (χ3v) is 5.93. The van der Waals surface area contributed by atoms with Gasteiger partial charge in [-0.1, -0.05) is 43.4 Å². The summed E-state index contributed by atoms with van der Waals surface area (Å²) in [5.41, 5.74) is 3.04. The predicted molar refractivity (Wildman–Crippen MR) is 130 cm³/mol. The number of hydrogen-bond donors (Lipinski definition) is 1. The number of anilines is 1. The normalized spacial score (nSPS) is 11.2. The van der Waals surface area contributed by atoms with Gasteiger partial charge in [0, 0.05) is 5.92 Å². The maximum Gasteiger partial charge on any atom is 0.268 e. The van der Waals surface area contributed by atoms with Gasteiger partial charge in [0.25, 0.3) is 5.91 Å². The molecular formula is C25H26N4O3S. The van der Waals surface area contributed by atoms with Crippen LogP contribution in [0.2, 0.25) is 0 Å². The first-order valence-electron chi connectivity index (χ1n) is 10.5. The highest BCUT2D eigenvalue weighted by Crippen LogP contribution is 2.23. The van der Waals surface area contributed by atoms with E-state index in [2.05, 4.69) is 22.4 Å². The molecule has 3 aromatic rings. The molecule has 0 spiro atoms. The van der Waals surface area contributed by atoms with E-state index < -0.39 is 5.91 Å². The van der Waals surface area contributed by atoms with Crippen LogP contribution in [0.4, 0.5) is 5.13 Å². The van der Waals surface area contributed by atoms with Crippen LogP contribution >= 0.6 is 11.3 Å². The van der Waals surface area contributed by atoms with Crippen LogP contribution < -0.4 is 14.8 Å². The lowest BCUT2D eigenvalue weighted by atomic mass is 10.1. The molecule has 0 atom stereocenters. The maximum atomic E-state index is 12.5. The molecule has 1 heterocycles. The lowest BCUT2D eigenvalue weighted by Gasteiger charge is -2.10. The number of aryl methyl sites for hydroxylation is 2. The molecule has 0 bridgehead atoms. The molecule has 1 N–H and O–H groups in total. The quantitative estimate of drug-likeness (QED) is 0.264. The highest BCUT2D eigenvalue weighted by Gasteiger charge is 2.14. The Morgan fingerprint density at radius 2 is 1.82 bits per heavy atom. The number of ether oxygens (including phenoxy) is 2. The zero-order valence-electron chi connectivity index (χ0n) is 19.1. The fourth-order valence-corrected chi connectivity index (χ4v) is 3.56. The molecule has 2 aromatic carbocycles. The second kappa shape index (κ2) is 11.2. The zero-order chi connectivity index (χ0) is 23.8.